The largest absolute Gasteiger partial charge is 0.495 e. The Kier molecular flexibility index (Phi) is 6.46. The van der Waals surface area contributed by atoms with Crippen molar-refractivity contribution in [1.82, 2.24) is 4.90 Å². The quantitative estimate of drug-likeness (QED) is 0.652. The third kappa shape index (κ3) is 4.09. The minimum Gasteiger partial charge on any atom is -0.495 e. The Morgan fingerprint density at radius 2 is 1.72 bits per heavy atom. The van der Waals surface area contributed by atoms with Gasteiger partial charge in [0.25, 0.3) is 0 Å². The average Bonchev–Trinajstić information content (AvgIpc) is 3.45. The molecule has 8 heteroatoms. The van der Waals surface area contributed by atoms with Crippen molar-refractivity contribution in [2.45, 2.75) is 25.3 Å². The van der Waals surface area contributed by atoms with E-state index in [2.05, 4.69) is 0 Å². The number of nitrogens with zero attached hydrogens (tertiary/aromatic N) is 2. The SMILES string of the molecule is COc1ccc(C2CCCN2C(=O)C2CC(=O)N(c3cc(Cl)ccc3OC)C2)cc1OC. The Balaban J connectivity index is 1.54. The maximum atomic E-state index is 13.5. The van der Waals surface area contributed by atoms with Crippen LogP contribution in [-0.2, 0) is 9.59 Å². The molecule has 2 heterocycles. The third-order valence-electron chi connectivity index (χ3n) is 6.23. The van der Waals surface area contributed by atoms with Crippen molar-refractivity contribution in [3.8, 4) is 17.2 Å². The molecule has 0 radical (unpaired) electrons. The van der Waals surface area contributed by atoms with Gasteiger partial charge in [0.2, 0.25) is 11.8 Å². The van der Waals surface area contributed by atoms with Gasteiger partial charge in [0.05, 0.1) is 39.0 Å². The predicted molar refractivity (Wildman–Crippen MR) is 122 cm³/mol. The summed E-state index contributed by atoms with van der Waals surface area (Å²) in [6.45, 7) is 0.979. The van der Waals surface area contributed by atoms with Crippen molar-refractivity contribution >= 4 is 29.1 Å². The Labute approximate surface area is 192 Å². The van der Waals surface area contributed by atoms with Crippen LogP contribution in [0.2, 0.25) is 5.02 Å². The number of anilines is 1. The van der Waals surface area contributed by atoms with Crippen molar-refractivity contribution in [2.75, 3.05) is 39.3 Å². The summed E-state index contributed by atoms with van der Waals surface area (Å²) in [6, 6.07) is 10.9. The highest BCUT2D eigenvalue weighted by Gasteiger charge is 2.41. The third-order valence-corrected chi connectivity index (χ3v) is 6.47. The lowest BCUT2D eigenvalue weighted by molar-refractivity contribution is -0.136. The van der Waals surface area contributed by atoms with E-state index in [1.807, 2.05) is 23.1 Å². The molecule has 2 unspecified atom stereocenters. The molecule has 2 aromatic carbocycles. The molecule has 2 atom stereocenters. The molecule has 2 saturated heterocycles. The number of benzene rings is 2. The maximum absolute atomic E-state index is 13.5. The summed E-state index contributed by atoms with van der Waals surface area (Å²) in [7, 11) is 4.75. The van der Waals surface area contributed by atoms with E-state index < -0.39 is 5.92 Å². The van der Waals surface area contributed by atoms with Gasteiger partial charge in [-0.15, -0.1) is 0 Å². The number of likely N-dealkylation sites (tertiary alicyclic amines) is 1. The summed E-state index contributed by atoms with van der Waals surface area (Å²) in [6.07, 6.45) is 1.95. The van der Waals surface area contributed by atoms with Crippen LogP contribution in [0.3, 0.4) is 0 Å². The fourth-order valence-corrected chi connectivity index (χ4v) is 4.82. The molecule has 0 saturated carbocycles. The summed E-state index contributed by atoms with van der Waals surface area (Å²) in [5, 5.41) is 0.511. The van der Waals surface area contributed by atoms with Gasteiger partial charge in [-0.3, -0.25) is 9.59 Å². The number of carbonyl (C=O) groups is 2. The van der Waals surface area contributed by atoms with E-state index in [1.165, 1.54) is 0 Å². The van der Waals surface area contributed by atoms with Crippen molar-refractivity contribution in [2.24, 2.45) is 5.92 Å². The smallest absolute Gasteiger partial charge is 0.228 e. The Morgan fingerprint density at radius 1 is 1.00 bits per heavy atom. The number of hydrogen-bond acceptors (Lipinski definition) is 5. The van der Waals surface area contributed by atoms with Crippen LogP contribution in [0, 0.1) is 5.92 Å². The van der Waals surface area contributed by atoms with Gasteiger partial charge in [0.15, 0.2) is 11.5 Å². The lowest BCUT2D eigenvalue weighted by atomic mass is 10.0. The van der Waals surface area contributed by atoms with Crippen LogP contribution in [0.1, 0.15) is 30.9 Å². The predicted octanol–water partition coefficient (Wildman–Crippen LogP) is 4.08. The van der Waals surface area contributed by atoms with Gasteiger partial charge in [-0.1, -0.05) is 17.7 Å². The number of amides is 2. The van der Waals surface area contributed by atoms with Crippen LogP contribution in [0.25, 0.3) is 0 Å². The summed E-state index contributed by atoms with van der Waals surface area (Å²) in [4.78, 5) is 29.8. The molecule has 0 aromatic heterocycles. The van der Waals surface area contributed by atoms with E-state index in [1.54, 1.807) is 44.4 Å². The number of carbonyl (C=O) groups excluding carboxylic acids is 2. The molecule has 2 aliphatic heterocycles. The fraction of sp³-hybridized carbons (Fsp3) is 0.417. The van der Waals surface area contributed by atoms with Gasteiger partial charge < -0.3 is 24.0 Å². The van der Waals surface area contributed by atoms with E-state index in [0.29, 0.717) is 41.0 Å². The lowest BCUT2D eigenvalue weighted by Gasteiger charge is -2.28. The zero-order valence-electron chi connectivity index (χ0n) is 18.5. The number of hydrogen-bond donors (Lipinski definition) is 0. The number of rotatable bonds is 6. The molecule has 2 amide bonds. The molecule has 0 aliphatic carbocycles. The molecule has 2 aromatic rings. The van der Waals surface area contributed by atoms with Gasteiger partial charge in [0.1, 0.15) is 5.75 Å². The molecule has 2 aliphatic rings. The Hall–Kier alpha value is -2.93. The molecule has 170 valence electrons. The first kappa shape index (κ1) is 22.3. The minimum absolute atomic E-state index is 0.000806. The molecule has 2 fully saturated rings. The first-order valence-corrected chi connectivity index (χ1v) is 11.0. The normalized spacial score (nSPS) is 20.6. The zero-order valence-corrected chi connectivity index (χ0v) is 19.2. The van der Waals surface area contributed by atoms with Crippen molar-refractivity contribution < 1.29 is 23.8 Å². The van der Waals surface area contributed by atoms with Crippen LogP contribution in [-0.4, -0.2) is 51.1 Å². The zero-order chi connectivity index (χ0) is 22.8. The first-order chi connectivity index (χ1) is 15.5. The molecule has 7 nitrogen and oxygen atoms in total. The average molecular weight is 459 g/mol. The second-order valence-electron chi connectivity index (χ2n) is 8.03. The highest BCUT2D eigenvalue weighted by atomic mass is 35.5. The molecule has 4 rings (SSSR count). The Morgan fingerprint density at radius 3 is 2.44 bits per heavy atom. The summed E-state index contributed by atoms with van der Waals surface area (Å²) in [5.41, 5.74) is 1.60. The number of ether oxygens (including phenoxy) is 3. The van der Waals surface area contributed by atoms with E-state index >= 15 is 0 Å². The monoisotopic (exact) mass is 458 g/mol. The van der Waals surface area contributed by atoms with Gasteiger partial charge in [-0.05, 0) is 48.7 Å². The fourth-order valence-electron chi connectivity index (χ4n) is 4.65. The summed E-state index contributed by atoms with van der Waals surface area (Å²) < 4.78 is 16.2. The van der Waals surface area contributed by atoms with Gasteiger partial charge in [0, 0.05) is 24.5 Å². The van der Waals surface area contributed by atoms with Gasteiger partial charge >= 0.3 is 0 Å². The van der Waals surface area contributed by atoms with Crippen LogP contribution in [0.15, 0.2) is 36.4 Å². The van der Waals surface area contributed by atoms with E-state index in [-0.39, 0.29) is 24.3 Å². The van der Waals surface area contributed by atoms with Crippen LogP contribution in [0.5, 0.6) is 17.2 Å². The van der Waals surface area contributed by atoms with Crippen LogP contribution < -0.4 is 19.1 Å². The van der Waals surface area contributed by atoms with Crippen LogP contribution >= 0.6 is 11.6 Å². The maximum Gasteiger partial charge on any atom is 0.228 e. The topological polar surface area (TPSA) is 68.3 Å². The lowest BCUT2D eigenvalue weighted by Crippen LogP contribution is -2.37. The molecule has 32 heavy (non-hydrogen) atoms. The molecular formula is C24H27ClN2O5. The highest BCUT2D eigenvalue weighted by molar-refractivity contribution is 6.31. The molecule has 0 spiro atoms. The number of methoxy groups -OCH3 is 3. The van der Waals surface area contributed by atoms with Gasteiger partial charge in [-0.25, -0.2) is 0 Å². The number of halogens is 1. The first-order valence-electron chi connectivity index (χ1n) is 10.6. The van der Waals surface area contributed by atoms with Crippen molar-refractivity contribution in [1.29, 1.82) is 0 Å². The summed E-state index contributed by atoms with van der Waals surface area (Å²) in [5.74, 6) is 1.33. The second kappa shape index (κ2) is 9.28. The molecule has 0 bridgehead atoms. The van der Waals surface area contributed by atoms with Crippen molar-refractivity contribution in [3.63, 3.8) is 0 Å². The molecule has 0 N–H and O–H groups in total. The standard InChI is InChI=1S/C24H27ClN2O5/c1-30-20-9-7-17(25)13-19(20)27-14-16(12-23(27)28)24(29)26-10-4-5-18(26)15-6-8-21(31-2)22(11-15)32-3/h6-9,11,13,16,18H,4-5,10,12,14H2,1-3H3. The van der Waals surface area contributed by atoms with E-state index in [0.717, 1.165) is 18.4 Å². The molecular weight excluding hydrogens is 432 g/mol. The minimum atomic E-state index is -0.410. The Bertz CT molecular complexity index is 1030. The van der Waals surface area contributed by atoms with E-state index in [9.17, 15) is 9.59 Å². The van der Waals surface area contributed by atoms with E-state index in [4.69, 9.17) is 25.8 Å². The van der Waals surface area contributed by atoms with Gasteiger partial charge in [-0.2, -0.15) is 0 Å². The summed E-state index contributed by atoms with van der Waals surface area (Å²) >= 11 is 6.15. The van der Waals surface area contributed by atoms with Crippen LogP contribution in [0.4, 0.5) is 5.69 Å². The second-order valence-corrected chi connectivity index (χ2v) is 8.46. The van der Waals surface area contributed by atoms with Crippen molar-refractivity contribution in [3.05, 3.63) is 47.0 Å². The highest BCUT2D eigenvalue weighted by Crippen LogP contribution is 2.40.